The number of hydrogen-bond acceptors (Lipinski definition) is 3. The van der Waals surface area contributed by atoms with Crippen LogP contribution in [0.15, 0.2) is 144 Å². The van der Waals surface area contributed by atoms with Gasteiger partial charge in [0.1, 0.15) is 16.8 Å². The number of aromatic nitrogens is 3. The van der Waals surface area contributed by atoms with Crippen molar-refractivity contribution in [2.45, 2.75) is 19.3 Å². The first-order valence-corrected chi connectivity index (χ1v) is 16.1. The molecule has 3 heterocycles. The van der Waals surface area contributed by atoms with Gasteiger partial charge >= 0.3 is 0 Å². The minimum Gasteiger partial charge on any atom is -0.452 e. The lowest BCUT2D eigenvalue weighted by Gasteiger charge is -2.21. The van der Waals surface area contributed by atoms with Crippen LogP contribution in [-0.2, 0) is 5.41 Å². The third-order valence-electron chi connectivity index (χ3n) is 10.0. The average Bonchev–Trinajstić information content (AvgIpc) is 3.73. The lowest BCUT2D eigenvalue weighted by molar-refractivity contribution is 0.661. The number of para-hydroxylation sites is 2. The van der Waals surface area contributed by atoms with E-state index in [9.17, 15) is 0 Å². The fourth-order valence-corrected chi connectivity index (χ4v) is 7.71. The van der Waals surface area contributed by atoms with Gasteiger partial charge in [-0.3, -0.25) is 0 Å². The molecule has 10 rings (SSSR count). The third-order valence-corrected chi connectivity index (χ3v) is 10.0. The molecule has 3 aromatic heterocycles. The highest BCUT2D eigenvalue weighted by molar-refractivity contribution is 6.12. The molecule has 0 N–H and O–H groups in total. The molecule has 0 unspecified atom stereocenters. The second-order valence-electron chi connectivity index (χ2n) is 13.0. The van der Waals surface area contributed by atoms with E-state index in [1.165, 1.54) is 44.1 Å². The summed E-state index contributed by atoms with van der Waals surface area (Å²) in [6, 6.07) is 49.4. The number of nitrogens with zero attached hydrogens (tertiary/aromatic N) is 3. The van der Waals surface area contributed by atoms with E-state index < -0.39 is 0 Å². The van der Waals surface area contributed by atoms with Crippen molar-refractivity contribution in [3.05, 3.63) is 151 Å². The molecule has 0 atom stereocenters. The molecule has 0 saturated carbocycles. The van der Waals surface area contributed by atoms with Gasteiger partial charge in [-0.2, -0.15) is 0 Å². The second kappa shape index (κ2) is 9.51. The Bertz CT molecular complexity index is 2700. The standard InChI is InChI=1S/C43H29N3O/c1-43(2)34-17-9-6-14-29(34)32-24-33-30-15-7-10-18-36(30)46(37(33)25-35(32)43)28-22-20-27(21-23-28)42-44-39(26-12-4-3-5-13-26)41-40(45-42)31-16-8-11-19-38(31)47-41/h3-25H,1-2H3. The van der Waals surface area contributed by atoms with Gasteiger partial charge in [0.15, 0.2) is 11.4 Å². The predicted molar refractivity (Wildman–Crippen MR) is 192 cm³/mol. The normalized spacial score (nSPS) is 13.5. The summed E-state index contributed by atoms with van der Waals surface area (Å²) in [5, 5.41) is 3.51. The van der Waals surface area contributed by atoms with Gasteiger partial charge in [-0.1, -0.05) is 98.8 Å². The van der Waals surface area contributed by atoms with Crippen LogP contribution >= 0.6 is 0 Å². The Kier molecular flexibility index (Phi) is 5.31. The number of hydrogen-bond donors (Lipinski definition) is 0. The molecule has 4 heteroatoms. The van der Waals surface area contributed by atoms with Gasteiger partial charge in [0.05, 0.1) is 11.0 Å². The zero-order chi connectivity index (χ0) is 31.3. The van der Waals surface area contributed by atoms with Crippen molar-refractivity contribution in [3.8, 4) is 39.5 Å². The van der Waals surface area contributed by atoms with E-state index in [4.69, 9.17) is 14.4 Å². The SMILES string of the molecule is CC1(C)c2ccccc2-c2cc3c4ccccc4n(-c4ccc(-c5nc(-c6ccccc6)c6oc7ccccc7c6n5)cc4)c3cc21. The van der Waals surface area contributed by atoms with E-state index in [-0.39, 0.29) is 5.41 Å². The highest BCUT2D eigenvalue weighted by atomic mass is 16.3. The Hall–Kier alpha value is -6.00. The molecule has 1 aliphatic rings. The maximum Gasteiger partial charge on any atom is 0.180 e. The monoisotopic (exact) mass is 603 g/mol. The summed E-state index contributed by atoms with van der Waals surface area (Å²) in [6.45, 7) is 4.68. The van der Waals surface area contributed by atoms with Gasteiger partial charge in [0, 0.05) is 38.4 Å². The first kappa shape index (κ1) is 26.2. The van der Waals surface area contributed by atoms with Gasteiger partial charge in [-0.15, -0.1) is 0 Å². The van der Waals surface area contributed by atoms with Crippen LogP contribution in [0.5, 0.6) is 0 Å². The number of benzene rings is 6. The topological polar surface area (TPSA) is 43.9 Å². The van der Waals surface area contributed by atoms with Gasteiger partial charge in [-0.25, -0.2) is 9.97 Å². The Morgan fingerprint density at radius 2 is 1.28 bits per heavy atom. The smallest absolute Gasteiger partial charge is 0.180 e. The summed E-state index contributed by atoms with van der Waals surface area (Å²) in [7, 11) is 0. The molecule has 0 saturated heterocycles. The van der Waals surface area contributed by atoms with E-state index in [2.05, 4.69) is 122 Å². The van der Waals surface area contributed by atoms with Crippen molar-refractivity contribution in [1.29, 1.82) is 0 Å². The van der Waals surface area contributed by atoms with Crippen LogP contribution < -0.4 is 0 Å². The Balaban J connectivity index is 1.16. The van der Waals surface area contributed by atoms with E-state index in [0.717, 1.165) is 39.0 Å². The largest absolute Gasteiger partial charge is 0.452 e. The highest BCUT2D eigenvalue weighted by Crippen LogP contribution is 2.51. The van der Waals surface area contributed by atoms with Crippen LogP contribution in [-0.4, -0.2) is 14.5 Å². The zero-order valence-electron chi connectivity index (χ0n) is 26.0. The zero-order valence-corrected chi connectivity index (χ0v) is 26.0. The third kappa shape index (κ3) is 3.70. The van der Waals surface area contributed by atoms with Crippen LogP contribution in [0.1, 0.15) is 25.0 Å². The molecule has 1 aliphatic carbocycles. The van der Waals surface area contributed by atoms with E-state index in [1.54, 1.807) is 0 Å². The fraction of sp³-hybridized carbons (Fsp3) is 0.0698. The van der Waals surface area contributed by atoms with E-state index in [1.807, 2.05) is 36.4 Å². The molecule has 4 nitrogen and oxygen atoms in total. The first-order valence-electron chi connectivity index (χ1n) is 16.1. The van der Waals surface area contributed by atoms with Gasteiger partial charge in [0.2, 0.25) is 0 Å². The minimum atomic E-state index is -0.0744. The van der Waals surface area contributed by atoms with Crippen molar-refractivity contribution in [1.82, 2.24) is 14.5 Å². The summed E-state index contributed by atoms with van der Waals surface area (Å²) in [6.07, 6.45) is 0. The lowest BCUT2D eigenvalue weighted by Crippen LogP contribution is -2.14. The second-order valence-corrected chi connectivity index (χ2v) is 13.0. The molecule has 6 aromatic carbocycles. The summed E-state index contributed by atoms with van der Waals surface area (Å²) in [5.74, 6) is 0.675. The molecule has 0 bridgehead atoms. The molecule has 0 aliphatic heterocycles. The summed E-state index contributed by atoms with van der Waals surface area (Å²) in [4.78, 5) is 10.2. The fourth-order valence-electron chi connectivity index (χ4n) is 7.71. The van der Waals surface area contributed by atoms with Crippen molar-refractivity contribution in [2.75, 3.05) is 0 Å². The molecule has 0 amide bonds. The number of furan rings is 1. The van der Waals surface area contributed by atoms with Crippen LogP contribution in [0.3, 0.4) is 0 Å². The number of fused-ring (bicyclic) bond motifs is 9. The number of rotatable bonds is 3. The Morgan fingerprint density at radius 1 is 0.553 bits per heavy atom. The maximum absolute atomic E-state index is 6.32. The molecule has 9 aromatic rings. The maximum atomic E-state index is 6.32. The van der Waals surface area contributed by atoms with Crippen LogP contribution in [0.25, 0.3) is 83.3 Å². The molecular formula is C43H29N3O. The lowest BCUT2D eigenvalue weighted by atomic mass is 9.82. The van der Waals surface area contributed by atoms with Gasteiger partial charge < -0.3 is 8.98 Å². The molecular weight excluding hydrogens is 574 g/mol. The molecule has 0 spiro atoms. The van der Waals surface area contributed by atoms with E-state index >= 15 is 0 Å². The average molecular weight is 604 g/mol. The quantitative estimate of drug-likeness (QED) is 0.202. The Labute approximate surface area is 271 Å². The van der Waals surface area contributed by atoms with Crippen molar-refractivity contribution in [2.24, 2.45) is 0 Å². The molecule has 47 heavy (non-hydrogen) atoms. The van der Waals surface area contributed by atoms with Crippen molar-refractivity contribution < 1.29 is 4.42 Å². The summed E-state index contributed by atoms with van der Waals surface area (Å²) >= 11 is 0. The highest BCUT2D eigenvalue weighted by Gasteiger charge is 2.36. The first-order chi connectivity index (χ1) is 23.1. The molecule has 222 valence electrons. The van der Waals surface area contributed by atoms with Crippen molar-refractivity contribution in [3.63, 3.8) is 0 Å². The predicted octanol–water partition coefficient (Wildman–Crippen LogP) is 11.1. The van der Waals surface area contributed by atoms with Crippen LogP contribution in [0.4, 0.5) is 0 Å². The van der Waals surface area contributed by atoms with E-state index in [0.29, 0.717) is 11.4 Å². The van der Waals surface area contributed by atoms with Crippen molar-refractivity contribution >= 4 is 43.9 Å². The summed E-state index contributed by atoms with van der Waals surface area (Å²) in [5.41, 5.74) is 14.0. The van der Waals surface area contributed by atoms with Crippen LogP contribution in [0, 0.1) is 0 Å². The molecule has 0 fully saturated rings. The van der Waals surface area contributed by atoms with Crippen LogP contribution in [0.2, 0.25) is 0 Å². The molecule has 0 radical (unpaired) electrons. The van der Waals surface area contributed by atoms with Gasteiger partial charge in [-0.05, 0) is 76.9 Å². The summed E-state index contributed by atoms with van der Waals surface area (Å²) < 4.78 is 8.72. The van der Waals surface area contributed by atoms with Gasteiger partial charge in [0.25, 0.3) is 0 Å². The minimum absolute atomic E-state index is 0.0744. The Morgan fingerprint density at radius 3 is 2.13 bits per heavy atom.